The van der Waals surface area contributed by atoms with E-state index in [1.165, 1.54) is 27.9 Å². The summed E-state index contributed by atoms with van der Waals surface area (Å²) in [6.07, 6.45) is 4.18. The Labute approximate surface area is 262 Å². The minimum atomic E-state index is 0. The second-order valence-corrected chi connectivity index (χ2v) is 10.2. The van der Waals surface area contributed by atoms with Gasteiger partial charge in [0.25, 0.3) is 0 Å². The SMILES string of the molecule is CC(C)Cc1ncnc2c1ccc1ccccc12.Clc1ncnc2c1ccc1ccccc12.[Br-].[CH2-]C(C)C.[Mg+2]. The normalized spacial score (nSPS) is 10.5. The molecule has 0 aliphatic rings. The summed E-state index contributed by atoms with van der Waals surface area (Å²) in [6, 6.07) is 24.8. The Morgan fingerprint density at radius 3 is 1.64 bits per heavy atom. The minimum Gasteiger partial charge on any atom is -1.00 e. The van der Waals surface area contributed by atoms with Gasteiger partial charge in [0.2, 0.25) is 0 Å². The maximum atomic E-state index is 6.01. The molecule has 7 heteroatoms. The summed E-state index contributed by atoms with van der Waals surface area (Å²) in [5.41, 5.74) is 3.13. The molecule has 0 unspecified atom stereocenters. The van der Waals surface area contributed by atoms with Crippen molar-refractivity contribution in [3.8, 4) is 0 Å². The van der Waals surface area contributed by atoms with Crippen LogP contribution in [-0.2, 0) is 6.42 Å². The summed E-state index contributed by atoms with van der Waals surface area (Å²) < 4.78 is 0. The van der Waals surface area contributed by atoms with Crippen LogP contribution in [0.25, 0.3) is 43.4 Å². The summed E-state index contributed by atoms with van der Waals surface area (Å²) in [6.45, 7) is 12.2. The molecular weight excluding hydrogens is 580 g/mol. The van der Waals surface area contributed by atoms with Crippen LogP contribution in [0.15, 0.2) is 85.5 Å². The Hall–Kier alpha value is -2.38. The van der Waals surface area contributed by atoms with Gasteiger partial charge in [-0.1, -0.05) is 106 Å². The van der Waals surface area contributed by atoms with Gasteiger partial charge in [-0.25, -0.2) is 19.9 Å². The summed E-state index contributed by atoms with van der Waals surface area (Å²) in [7, 11) is 0. The van der Waals surface area contributed by atoms with Gasteiger partial charge >= 0.3 is 23.1 Å². The minimum absolute atomic E-state index is 0. The monoisotopic (exact) mass is 610 g/mol. The fourth-order valence-corrected chi connectivity index (χ4v) is 4.37. The molecule has 0 saturated carbocycles. The van der Waals surface area contributed by atoms with Crippen LogP contribution in [0.2, 0.25) is 5.15 Å². The third kappa shape index (κ3) is 8.30. The van der Waals surface area contributed by atoms with Crippen LogP contribution in [0.4, 0.5) is 0 Å². The van der Waals surface area contributed by atoms with E-state index in [1.54, 1.807) is 6.33 Å². The Kier molecular flexibility index (Phi) is 13.0. The molecule has 0 aliphatic heterocycles. The summed E-state index contributed by atoms with van der Waals surface area (Å²) in [4.78, 5) is 17.2. The number of aromatic nitrogens is 4. The standard InChI is InChI=1S/C16H16N2.C12H7ClN2.C4H9.BrH.Mg/c1-11(2)9-15-14-8-7-12-5-3-4-6-13(12)16(14)18-10-17-15;13-12-10-6-5-8-3-1-2-4-9(8)11(10)14-7-15-12;1-4(2)3;;/h3-8,10-11H,9H2,1-2H3;1-7H;4H,1H2,2-3H3;1H;/q;;-1;;+2/p-1. The van der Waals surface area contributed by atoms with Crippen molar-refractivity contribution >= 4 is 78.0 Å². The third-order valence-electron chi connectivity index (χ3n) is 5.69. The average molecular weight is 612 g/mol. The van der Waals surface area contributed by atoms with E-state index in [2.05, 4.69) is 97.0 Å². The van der Waals surface area contributed by atoms with Crippen molar-refractivity contribution in [1.29, 1.82) is 0 Å². The van der Waals surface area contributed by atoms with Crippen molar-refractivity contribution < 1.29 is 17.0 Å². The summed E-state index contributed by atoms with van der Waals surface area (Å²) in [5, 5.41) is 7.31. The van der Waals surface area contributed by atoms with Crippen LogP contribution >= 0.6 is 11.6 Å². The zero-order chi connectivity index (χ0) is 26.4. The number of rotatable bonds is 2. The Morgan fingerprint density at radius 2 is 1.10 bits per heavy atom. The van der Waals surface area contributed by atoms with Gasteiger partial charge in [-0.2, -0.15) is 5.92 Å². The predicted octanol–water partition coefficient (Wildman–Crippen LogP) is 5.52. The third-order valence-corrected chi connectivity index (χ3v) is 6.00. The van der Waals surface area contributed by atoms with Crippen molar-refractivity contribution in [2.75, 3.05) is 0 Å². The second-order valence-electron chi connectivity index (χ2n) is 9.84. The average Bonchev–Trinajstić information content (AvgIpc) is 2.89. The van der Waals surface area contributed by atoms with Gasteiger partial charge in [0.05, 0.1) is 16.7 Å². The molecule has 0 spiro atoms. The number of hydrogen-bond donors (Lipinski definition) is 0. The fraction of sp³-hybridized carbons (Fsp3) is 0.219. The number of halogens is 2. The predicted molar refractivity (Wildman–Crippen MR) is 164 cm³/mol. The van der Waals surface area contributed by atoms with E-state index >= 15 is 0 Å². The molecular formula is C32H32BrClMgN4. The molecule has 0 aliphatic carbocycles. The molecule has 4 aromatic carbocycles. The van der Waals surface area contributed by atoms with Crippen LogP contribution in [0.5, 0.6) is 0 Å². The zero-order valence-corrected chi connectivity index (χ0v) is 26.7. The van der Waals surface area contributed by atoms with E-state index in [4.69, 9.17) is 11.6 Å². The van der Waals surface area contributed by atoms with E-state index in [0.29, 0.717) is 17.0 Å². The van der Waals surface area contributed by atoms with Crippen molar-refractivity contribution in [1.82, 2.24) is 19.9 Å². The van der Waals surface area contributed by atoms with E-state index in [1.807, 2.05) is 30.3 Å². The van der Waals surface area contributed by atoms with Crippen LogP contribution in [0.1, 0.15) is 33.4 Å². The molecule has 0 radical (unpaired) electrons. The molecule has 0 N–H and O–H groups in total. The smallest absolute Gasteiger partial charge is 1.00 e. The first kappa shape index (κ1) is 32.8. The summed E-state index contributed by atoms with van der Waals surface area (Å²) in [5.74, 6) is 1.19. The molecule has 6 rings (SSSR count). The van der Waals surface area contributed by atoms with Crippen LogP contribution < -0.4 is 17.0 Å². The van der Waals surface area contributed by atoms with Crippen LogP contribution in [-0.4, -0.2) is 43.0 Å². The quantitative estimate of drug-likeness (QED) is 0.112. The topological polar surface area (TPSA) is 51.6 Å². The number of hydrogen-bond acceptors (Lipinski definition) is 4. The van der Waals surface area contributed by atoms with Gasteiger partial charge in [0.15, 0.2) is 0 Å². The zero-order valence-electron chi connectivity index (χ0n) is 22.9. The molecule has 2 heterocycles. The van der Waals surface area contributed by atoms with Crippen molar-refractivity contribution in [3.05, 3.63) is 103 Å². The van der Waals surface area contributed by atoms with Gasteiger partial charge in [-0.05, 0) is 29.2 Å². The van der Waals surface area contributed by atoms with E-state index in [0.717, 1.165) is 33.9 Å². The fourth-order valence-electron chi connectivity index (χ4n) is 4.17. The van der Waals surface area contributed by atoms with E-state index in [-0.39, 0.29) is 40.0 Å². The Balaban J connectivity index is 0.000000233. The van der Waals surface area contributed by atoms with Gasteiger partial charge < -0.3 is 23.9 Å². The summed E-state index contributed by atoms with van der Waals surface area (Å²) >= 11 is 6.01. The van der Waals surface area contributed by atoms with E-state index in [9.17, 15) is 0 Å². The Bertz CT molecular complexity index is 1650. The molecule has 0 bridgehead atoms. The first-order valence-corrected chi connectivity index (χ1v) is 12.9. The van der Waals surface area contributed by atoms with Crippen molar-refractivity contribution in [2.45, 2.75) is 34.1 Å². The molecule has 2 aromatic heterocycles. The molecule has 39 heavy (non-hydrogen) atoms. The molecule has 0 fully saturated rings. The number of fused-ring (bicyclic) bond motifs is 6. The first-order chi connectivity index (χ1) is 17.8. The Morgan fingerprint density at radius 1 is 0.641 bits per heavy atom. The first-order valence-electron chi connectivity index (χ1n) is 12.6. The second kappa shape index (κ2) is 15.4. The van der Waals surface area contributed by atoms with Crippen molar-refractivity contribution in [3.63, 3.8) is 0 Å². The van der Waals surface area contributed by atoms with Crippen molar-refractivity contribution in [2.24, 2.45) is 11.8 Å². The van der Waals surface area contributed by atoms with Gasteiger partial charge in [-0.3, -0.25) is 0 Å². The molecule has 4 nitrogen and oxygen atoms in total. The van der Waals surface area contributed by atoms with Crippen LogP contribution in [0, 0.1) is 18.8 Å². The van der Waals surface area contributed by atoms with Gasteiger partial charge in [0.1, 0.15) is 17.8 Å². The molecule has 0 atom stereocenters. The maximum Gasteiger partial charge on any atom is 2.00 e. The van der Waals surface area contributed by atoms with E-state index < -0.39 is 0 Å². The van der Waals surface area contributed by atoms with Gasteiger partial charge in [0, 0.05) is 21.5 Å². The van der Waals surface area contributed by atoms with Gasteiger partial charge in [-0.15, -0.1) is 0 Å². The molecule has 0 saturated heterocycles. The number of nitrogens with zero attached hydrogens (tertiary/aromatic N) is 4. The largest absolute Gasteiger partial charge is 2.00 e. The van der Waals surface area contributed by atoms with Crippen LogP contribution in [0.3, 0.4) is 0 Å². The molecule has 196 valence electrons. The molecule has 6 aromatic rings. The maximum absolute atomic E-state index is 6.01. The number of benzene rings is 4. The molecule has 0 amide bonds.